The molecule has 478 valence electrons. The molecule has 0 saturated carbocycles. The molecule has 0 aromatic carbocycles. The molecule has 6 nitrogen and oxygen atoms in total. The van der Waals surface area contributed by atoms with E-state index >= 15 is 0 Å². The van der Waals surface area contributed by atoms with Crippen LogP contribution < -0.4 is 5.32 Å². The Labute approximate surface area is 506 Å². The van der Waals surface area contributed by atoms with E-state index in [9.17, 15) is 19.8 Å². The molecule has 0 radical (unpaired) electrons. The van der Waals surface area contributed by atoms with Crippen LogP contribution in [0, 0.1) is 0 Å². The van der Waals surface area contributed by atoms with Crippen molar-refractivity contribution in [1.82, 2.24) is 5.32 Å². The monoisotopic (exact) mass is 1140 g/mol. The van der Waals surface area contributed by atoms with Crippen molar-refractivity contribution < 1.29 is 24.5 Å². The van der Waals surface area contributed by atoms with Gasteiger partial charge in [-0.15, -0.1) is 0 Å². The molecule has 0 saturated heterocycles. The molecular weight excluding hydrogens is 995 g/mol. The Hall–Kier alpha value is -1.92. The van der Waals surface area contributed by atoms with E-state index < -0.39 is 12.1 Å². The Balaban J connectivity index is 3.33. The number of rotatable bonds is 69. The number of nitrogens with one attached hydrogen (secondary N) is 1. The standard InChI is InChI=1S/C75H143NO5/c1-3-5-7-9-11-13-15-16-42-46-49-53-57-61-65-69-75(80)81-70-66-62-58-54-50-47-44-41-39-37-35-33-31-29-27-25-23-21-19-17-18-20-22-24-26-28-30-32-34-36-38-40-43-45-48-52-56-60-64-68-74(79)76-72(71-77)73(78)67-63-59-55-51-14-12-10-8-6-4-2/h17-18,21,23,63,67,72-73,77-78H,3-16,19-20,22,24-62,64-66,68-71H2,1-2H3,(H,76,79)/b18-17-,23-21-,67-63+. The second-order valence-corrected chi connectivity index (χ2v) is 25.3. The van der Waals surface area contributed by atoms with Crippen LogP contribution in [0.4, 0.5) is 0 Å². The Kier molecular flexibility index (Phi) is 68.9. The number of aliphatic hydroxyl groups excluding tert-OH is 2. The number of hydrogen-bond acceptors (Lipinski definition) is 5. The first kappa shape index (κ1) is 79.1. The molecule has 0 aromatic heterocycles. The lowest BCUT2D eigenvalue weighted by molar-refractivity contribution is -0.143. The number of unbranched alkanes of at least 4 members (excludes halogenated alkanes) is 54. The second-order valence-electron chi connectivity index (χ2n) is 25.3. The number of ether oxygens (including phenoxy) is 1. The number of amides is 1. The summed E-state index contributed by atoms with van der Waals surface area (Å²) in [6.07, 6.45) is 91.2. The zero-order valence-electron chi connectivity index (χ0n) is 54.8. The van der Waals surface area contributed by atoms with Crippen molar-refractivity contribution in [1.29, 1.82) is 0 Å². The van der Waals surface area contributed by atoms with Gasteiger partial charge in [0, 0.05) is 12.8 Å². The van der Waals surface area contributed by atoms with Gasteiger partial charge in [0.25, 0.3) is 0 Å². The first-order chi connectivity index (χ1) is 40.0. The van der Waals surface area contributed by atoms with Crippen LogP contribution in [0.5, 0.6) is 0 Å². The highest BCUT2D eigenvalue weighted by Crippen LogP contribution is 2.19. The molecule has 0 aromatic rings. The SMILES string of the molecule is CCCCCCCCCC/C=C/C(O)C(CO)NC(=O)CCCCCCCCCCCCCCCCCCC/C=C\C/C=C\CCCCCCCCCCCCCCCCCOC(=O)CCCCCCCCCCCCCCCCC. The van der Waals surface area contributed by atoms with Gasteiger partial charge >= 0.3 is 5.97 Å². The van der Waals surface area contributed by atoms with Crippen LogP contribution in [-0.4, -0.2) is 47.4 Å². The summed E-state index contributed by atoms with van der Waals surface area (Å²) in [5.74, 6) is -0.0420. The van der Waals surface area contributed by atoms with Gasteiger partial charge in [-0.1, -0.05) is 365 Å². The lowest BCUT2D eigenvalue weighted by Crippen LogP contribution is -2.45. The summed E-state index contributed by atoms with van der Waals surface area (Å²) in [4.78, 5) is 24.5. The van der Waals surface area contributed by atoms with Crippen molar-refractivity contribution in [2.75, 3.05) is 13.2 Å². The molecule has 0 bridgehead atoms. The number of hydrogen-bond donors (Lipinski definition) is 3. The molecule has 3 N–H and O–H groups in total. The first-order valence-electron chi connectivity index (χ1n) is 36.8. The summed E-state index contributed by atoms with van der Waals surface area (Å²) in [5, 5.41) is 23.0. The molecule has 1 amide bonds. The average Bonchev–Trinajstić information content (AvgIpc) is 3.47. The van der Waals surface area contributed by atoms with Gasteiger partial charge < -0.3 is 20.3 Å². The summed E-state index contributed by atoms with van der Waals surface area (Å²) >= 11 is 0. The Bertz CT molecular complexity index is 1310. The van der Waals surface area contributed by atoms with Gasteiger partial charge in [0.05, 0.1) is 25.4 Å². The molecule has 0 aliphatic carbocycles. The van der Waals surface area contributed by atoms with Crippen LogP contribution in [0.2, 0.25) is 0 Å². The fraction of sp³-hybridized carbons (Fsp3) is 0.893. The Morgan fingerprint density at radius 1 is 0.346 bits per heavy atom. The van der Waals surface area contributed by atoms with Gasteiger partial charge in [0.15, 0.2) is 0 Å². The molecule has 0 spiro atoms. The molecule has 0 fully saturated rings. The van der Waals surface area contributed by atoms with E-state index in [1.54, 1.807) is 6.08 Å². The van der Waals surface area contributed by atoms with E-state index in [1.807, 2.05) is 6.08 Å². The van der Waals surface area contributed by atoms with Crippen LogP contribution >= 0.6 is 0 Å². The second kappa shape index (κ2) is 70.6. The maximum Gasteiger partial charge on any atom is 0.305 e. The van der Waals surface area contributed by atoms with Gasteiger partial charge in [-0.05, 0) is 64.2 Å². The highest BCUT2D eigenvalue weighted by atomic mass is 16.5. The van der Waals surface area contributed by atoms with Gasteiger partial charge in [0.2, 0.25) is 5.91 Å². The normalized spacial score (nSPS) is 12.7. The molecule has 2 unspecified atom stereocenters. The molecule has 0 rings (SSSR count). The van der Waals surface area contributed by atoms with Gasteiger partial charge in [0.1, 0.15) is 0 Å². The minimum absolute atomic E-state index is 0.0234. The fourth-order valence-electron chi connectivity index (χ4n) is 11.6. The smallest absolute Gasteiger partial charge is 0.305 e. The van der Waals surface area contributed by atoms with Gasteiger partial charge in [-0.25, -0.2) is 0 Å². The van der Waals surface area contributed by atoms with E-state index in [0.29, 0.717) is 19.4 Å². The molecule has 0 heterocycles. The van der Waals surface area contributed by atoms with Crippen molar-refractivity contribution in [2.24, 2.45) is 0 Å². The van der Waals surface area contributed by atoms with E-state index in [2.05, 4.69) is 43.5 Å². The highest BCUT2D eigenvalue weighted by Gasteiger charge is 2.18. The molecule has 0 aliphatic rings. The van der Waals surface area contributed by atoms with Crippen molar-refractivity contribution in [3.8, 4) is 0 Å². The maximum atomic E-state index is 12.4. The summed E-state index contributed by atoms with van der Waals surface area (Å²) in [5.41, 5.74) is 0. The molecule has 0 aliphatic heterocycles. The molecule has 2 atom stereocenters. The van der Waals surface area contributed by atoms with E-state index in [0.717, 1.165) is 44.9 Å². The van der Waals surface area contributed by atoms with Crippen molar-refractivity contribution >= 4 is 11.9 Å². The maximum absolute atomic E-state index is 12.4. The number of carbonyl (C=O) groups excluding carboxylic acids is 2. The van der Waals surface area contributed by atoms with Crippen LogP contribution in [0.15, 0.2) is 36.5 Å². The zero-order chi connectivity index (χ0) is 58.5. The molecule has 6 heteroatoms. The van der Waals surface area contributed by atoms with Crippen molar-refractivity contribution in [3.63, 3.8) is 0 Å². The molecular formula is C75H143NO5. The summed E-state index contributed by atoms with van der Waals surface area (Å²) in [6, 6.07) is -0.624. The Morgan fingerprint density at radius 2 is 0.617 bits per heavy atom. The zero-order valence-corrected chi connectivity index (χ0v) is 54.8. The van der Waals surface area contributed by atoms with Crippen molar-refractivity contribution in [3.05, 3.63) is 36.5 Å². The lowest BCUT2D eigenvalue weighted by atomic mass is 10.0. The van der Waals surface area contributed by atoms with E-state index in [4.69, 9.17) is 4.74 Å². The summed E-state index contributed by atoms with van der Waals surface area (Å²) in [6.45, 7) is 4.92. The predicted molar refractivity (Wildman–Crippen MR) is 356 cm³/mol. The number of allylic oxidation sites excluding steroid dienone is 5. The lowest BCUT2D eigenvalue weighted by Gasteiger charge is -2.20. The van der Waals surface area contributed by atoms with Crippen LogP contribution in [0.3, 0.4) is 0 Å². The van der Waals surface area contributed by atoms with Gasteiger partial charge in [-0.3, -0.25) is 9.59 Å². The summed E-state index contributed by atoms with van der Waals surface area (Å²) < 4.78 is 5.50. The topological polar surface area (TPSA) is 95.9 Å². The predicted octanol–water partition coefficient (Wildman–Crippen LogP) is 23.9. The summed E-state index contributed by atoms with van der Waals surface area (Å²) in [7, 11) is 0. The minimum atomic E-state index is -0.840. The van der Waals surface area contributed by atoms with Crippen LogP contribution in [-0.2, 0) is 14.3 Å². The third kappa shape index (κ3) is 67.1. The van der Waals surface area contributed by atoms with Crippen LogP contribution in [0.1, 0.15) is 406 Å². The minimum Gasteiger partial charge on any atom is -0.466 e. The largest absolute Gasteiger partial charge is 0.466 e. The van der Waals surface area contributed by atoms with E-state index in [-0.39, 0.29) is 18.5 Å². The van der Waals surface area contributed by atoms with Crippen molar-refractivity contribution in [2.45, 2.75) is 418 Å². The average molecular weight is 1140 g/mol. The first-order valence-corrected chi connectivity index (χ1v) is 36.8. The quantitative estimate of drug-likeness (QED) is 0.0320. The number of esters is 1. The number of aliphatic hydroxyl groups is 2. The van der Waals surface area contributed by atoms with E-state index in [1.165, 1.54) is 334 Å². The van der Waals surface area contributed by atoms with Crippen LogP contribution in [0.25, 0.3) is 0 Å². The third-order valence-electron chi connectivity index (χ3n) is 17.2. The highest BCUT2D eigenvalue weighted by molar-refractivity contribution is 5.76. The number of carbonyl (C=O) groups is 2. The fourth-order valence-corrected chi connectivity index (χ4v) is 11.6. The molecule has 81 heavy (non-hydrogen) atoms. The Morgan fingerprint density at radius 3 is 0.938 bits per heavy atom. The van der Waals surface area contributed by atoms with Gasteiger partial charge in [-0.2, -0.15) is 0 Å². The third-order valence-corrected chi connectivity index (χ3v) is 17.2.